The number of alkyl halides is 3. The normalized spacial score (nSPS) is 11.9. The van der Waals surface area contributed by atoms with E-state index in [0.717, 1.165) is 10.9 Å². The molecule has 0 atom stereocenters. The highest BCUT2D eigenvalue weighted by molar-refractivity contribution is 6.07. The summed E-state index contributed by atoms with van der Waals surface area (Å²) in [5.41, 5.74) is 1.30. The molecule has 0 unspecified atom stereocenters. The van der Waals surface area contributed by atoms with Gasteiger partial charge in [-0.2, -0.15) is 13.2 Å². The molecule has 2 aromatic rings. The monoisotopic (exact) mass is 271 g/mol. The summed E-state index contributed by atoms with van der Waals surface area (Å²) in [7, 11) is 0. The quantitative estimate of drug-likeness (QED) is 0.669. The number of Topliss-reactive ketones (excluding diaryl/α,β-unsaturated/α-hetero) is 1. The number of hydrogen-bond acceptors (Lipinski definition) is 2. The van der Waals surface area contributed by atoms with E-state index >= 15 is 0 Å². The highest BCUT2D eigenvalue weighted by Crippen LogP contribution is 2.19. The van der Waals surface area contributed by atoms with Crippen LogP contribution in [0.25, 0.3) is 10.9 Å². The minimum Gasteiger partial charge on any atom is -0.372 e. The number of hydrogen-bond donors (Lipinski definition) is 1. The number of carbonyl (C=O) groups excluding carboxylic acids is 1. The highest BCUT2D eigenvalue weighted by Gasteiger charge is 2.27. The molecule has 0 spiro atoms. The van der Waals surface area contributed by atoms with Gasteiger partial charge in [-0.05, 0) is 6.07 Å². The lowest BCUT2D eigenvalue weighted by Gasteiger charge is -2.06. The third-order valence-corrected chi connectivity index (χ3v) is 2.63. The van der Waals surface area contributed by atoms with Crippen molar-refractivity contribution in [3.63, 3.8) is 0 Å². The Kier molecular flexibility index (Phi) is 3.90. The molecular formula is C13H12F3NO2. The first-order valence-electron chi connectivity index (χ1n) is 5.71. The lowest BCUT2D eigenvalue weighted by Crippen LogP contribution is -2.18. The Morgan fingerprint density at radius 2 is 2.00 bits per heavy atom. The van der Waals surface area contributed by atoms with E-state index in [-0.39, 0.29) is 18.8 Å². The van der Waals surface area contributed by atoms with Crippen molar-refractivity contribution < 1.29 is 22.7 Å². The van der Waals surface area contributed by atoms with E-state index in [1.54, 1.807) is 18.3 Å². The number of ketones is 1. The SMILES string of the molecule is O=C(CCOCC(F)(F)F)c1c[nH]c2ccccc12. The Bertz CT molecular complexity index is 575. The predicted octanol–water partition coefficient (Wildman–Crippen LogP) is 3.32. The average Bonchev–Trinajstić information content (AvgIpc) is 2.77. The smallest absolute Gasteiger partial charge is 0.372 e. The summed E-state index contributed by atoms with van der Waals surface area (Å²) in [5, 5.41) is 0.767. The number of H-pyrrole nitrogens is 1. The zero-order chi connectivity index (χ0) is 13.9. The van der Waals surface area contributed by atoms with E-state index in [9.17, 15) is 18.0 Å². The van der Waals surface area contributed by atoms with Gasteiger partial charge in [-0.3, -0.25) is 4.79 Å². The third-order valence-electron chi connectivity index (χ3n) is 2.63. The number of para-hydroxylation sites is 1. The second kappa shape index (κ2) is 5.44. The molecule has 102 valence electrons. The van der Waals surface area contributed by atoms with Gasteiger partial charge in [0.25, 0.3) is 0 Å². The minimum absolute atomic E-state index is 0.0715. The van der Waals surface area contributed by atoms with Crippen LogP contribution in [0.3, 0.4) is 0 Å². The first-order chi connectivity index (χ1) is 8.97. The largest absolute Gasteiger partial charge is 0.411 e. The Balaban J connectivity index is 1.93. The number of carbonyl (C=O) groups is 1. The predicted molar refractivity (Wildman–Crippen MR) is 64.1 cm³/mol. The number of nitrogens with one attached hydrogen (secondary N) is 1. The summed E-state index contributed by atoms with van der Waals surface area (Å²) in [4.78, 5) is 14.8. The zero-order valence-electron chi connectivity index (χ0n) is 9.96. The first kappa shape index (κ1) is 13.6. The standard InChI is InChI=1S/C13H12F3NO2/c14-13(15,16)8-19-6-5-12(18)10-7-17-11-4-2-1-3-9(10)11/h1-4,7,17H,5-6,8H2. The van der Waals surface area contributed by atoms with Crippen LogP contribution in [0.4, 0.5) is 13.2 Å². The van der Waals surface area contributed by atoms with E-state index < -0.39 is 12.8 Å². The molecule has 0 fully saturated rings. The number of ether oxygens (including phenoxy) is 1. The number of rotatable bonds is 5. The van der Waals surface area contributed by atoms with Gasteiger partial charge in [0.05, 0.1) is 6.61 Å². The highest BCUT2D eigenvalue weighted by atomic mass is 19.4. The molecule has 19 heavy (non-hydrogen) atoms. The van der Waals surface area contributed by atoms with Crippen LogP contribution in [-0.4, -0.2) is 30.2 Å². The van der Waals surface area contributed by atoms with E-state index in [1.165, 1.54) is 0 Å². The maximum atomic E-state index is 11.9. The fourth-order valence-electron chi connectivity index (χ4n) is 1.79. The molecule has 0 radical (unpaired) electrons. The van der Waals surface area contributed by atoms with Gasteiger partial charge < -0.3 is 9.72 Å². The molecule has 0 amide bonds. The molecule has 2 rings (SSSR count). The van der Waals surface area contributed by atoms with Crippen molar-refractivity contribution in [2.75, 3.05) is 13.2 Å². The van der Waals surface area contributed by atoms with Crippen molar-refractivity contribution in [2.45, 2.75) is 12.6 Å². The van der Waals surface area contributed by atoms with Gasteiger partial charge in [-0.15, -0.1) is 0 Å². The summed E-state index contributed by atoms with van der Waals surface area (Å²) in [6, 6.07) is 7.24. The molecule has 1 aromatic carbocycles. The molecule has 1 aromatic heterocycles. The molecule has 0 bridgehead atoms. The number of fused-ring (bicyclic) bond motifs is 1. The number of aromatic nitrogens is 1. The topological polar surface area (TPSA) is 42.1 Å². The molecule has 3 nitrogen and oxygen atoms in total. The van der Waals surface area contributed by atoms with Crippen LogP contribution >= 0.6 is 0 Å². The van der Waals surface area contributed by atoms with Crippen LogP contribution in [0.1, 0.15) is 16.8 Å². The zero-order valence-corrected chi connectivity index (χ0v) is 9.96. The number of benzene rings is 1. The van der Waals surface area contributed by atoms with Gasteiger partial charge in [0.15, 0.2) is 5.78 Å². The van der Waals surface area contributed by atoms with Crippen LogP contribution in [0.15, 0.2) is 30.5 Å². The Morgan fingerprint density at radius 1 is 1.26 bits per heavy atom. The van der Waals surface area contributed by atoms with Crippen LogP contribution in [-0.2, 0) is 4.74 Å². The fourth-order valence-corrected chi connectivity index (χ4v) is 1.79. The van der Waals surface area contributed by atoms with Gasteiger partial charge in [0.1, 0.15) is 6.61 Å². The Labute approximate surface area is 107 Å². The van der Waals surface area contributed by atoms with Crippen LogP contribution in [0.2, 0.25) is 0 Å². The van der Waals surface area contributed by atoms with Crippen molar-refractivity contribution >= 4 is 16.7 Å². The summed E-state index contributed by atoms with van der Waals surface area (Å²) in [6.45, 7) is -1.56. The van der Waals surface area contributed by atoms with Gasteiger partial charge in [0.2, 0.25) is 0 Å². The lowest BCUT2D eigenvalue weighted by atomic mass is 10.1. The Morgan fingerprint density at radius 3 is 2.74 bits per heavy atom. The van der Waals surface area contributed by atoms with E-state index in [1.807, 2.05) is 12.1 Å². The summed E-state index contributed by atoms with van der Waals surface area (Å²) >= 11 is 0. The van der Waals surface area contributed by atoms with E-state index in [4.69, 9.17) is 0 Å². The second-order valence-corrected chi connectivity index (χ2v) is 4.09. The summed E-state index contributed by atoms with van der Waals surface area (Å²) in [6.07, 6.45) is -2.86. The van der Waals surface area contributed by atoms with Gasteiger partial charge in [-0.1, -0.05) is 18.2 Å². The second-order valence-electron chi connectivity index (χ2n) is 4.09. The van der Waals surface area contributed by atoms with E-state index in [0.29, 0.717) is 5.56 Å². The fraction of sp³-hybridized carbons (Fsp3) is 0.308. The van der Waals surface area contributed by atoms with Gasteiger partial charge >= 0.3 is 6.18 Å². The van der Waals surface area contributed by atoms with Crippen molar-refractivity contribution in [3.8, 4) is 0 Å². The van der Waals surface area contributed by atoms with Crippen LogP contribution in [0, 0.1) is 0 Å². The molecule has 0 aliphatic carbocycles. The molecule has 0 saturated heterocycles. The number of aromatic amines is 1. The first-order valence-corrected chi connectivity index (χ1v) is 5.71. The maximum absolute atomic E-state index is 11.9. The van der Waals surface area contributed by atoms with Crippen LogP contribution in [0.5, 0.6) is 0 Å². The van der Waals surface area contributed by atoms with Crippen molar-refractivity contribution in [3.05, 3.63) is 36.0 Å². The molecule has 0 saturated carbocycles. The Hall–Kier alpha value is -1.82. The maximum Gasteiger partial charge on any atom is 0.411 e. The van der Waals surface area contributed by atoms with Gasteiger partial charge in [0, 0.05) is 29.1 Å². The summed E-state index contributed by atoms with van der Waals surface area (Å²) < 4.78 is 40.0. The minimum atomic E-state index is -4.36. The lowest BCUT2D eigenvalue weighted by molar-refractivity contribution is -0.173. The van der Waals surface area contributed by atoms with Crippen molar-refractivity contribution in [1.82, 2.24) is 4.98 Å². The average molecular weight is 271 g/mol. The molecule has 1 N–H and O–H groups in total. The molecular weight excluding hydrogens is 259 g/mol. The number of halogens is 3. The van der Waals surface area contributed by atoms with Crippen LogP contribution < -0.4 is 0 Å². The van der Waals surface area contributed by atoms with Gasteiger partial charge in [-0.25, -0.2) is 0 Å². The third kappa shape index (κ3) is 3.57. The van der Waals surface area contributed by atoms with Crippen molar-refractivity contribution in [1.29, 1.82) is 0 Å². The molecule has 1 heterocycles. The molecule has 0 aliphatic rings. The molecule has 0 aliphatic heterocycles. The van der Waals surface area contributed by atoms with Crippen molar-refractivity contribution in [2.24, 2.45) is 0 Å². The molecule has 6 heteroatoms. The summed E-state index contributed by atoms with van der Waals surface area (Å²) in [5.74, 6) is -0.236. The van der Waals surface area contributed by atoms with E-state index in [2.05, 4.69) is 9.72 Å².